The summed E-state index contributed by atoms with van der Waals surface area (Å²) in [5.74, 6) is -0.00999. The van der Waals surface area contributed by atoms with Gasteiger partial charge >= 0.3 is 0 Å². The van der Waals surface area contributed by atoms with E-state index in [-0.39, 0.29) is 29.7 Å². The van der Waals surface area contributed by atoms with Crippen LogP contribution in [0.5, 0.6) is 5.75 Å². The minimum absolute atomic E-state index is 0.0880. The van der Waals surface area contributed by atoms with E-state index < -0.39 is 5.56 Å². The molecule has 0 aliphatic carbocycles. The summed E-state index contributed by atoms with van der Waals surface area (Å²) < 4.78 is 6.68. The maximum atomic E-state index is 12.5. The third kappa shape index (κ3) is 4.49. The van der Waals surface area contributed by atoms with Crippen molar-refractivity contribution in [3.05, 3.63) is 91.9 Å². The van der Waals surface area contributed by atoms with Gasteiger partial charge in [0.25, 0.3) is 5.56 Å². The molecule has 0 unspecified atom stereocenters. The maximum Gasteiger partial charge on any atom is 0.289 e. The normalized spacial score (nSPS) is 10.7. The van der Waals surface area contributed by atoms with Crippen molar-refractivity contribution in [2.75, 3.05) is 0 Å². The summed E-state index contributed by atoms with van der Waals surface area (Å²) in [6.07, 6.45) is 1.37. The van der Waals surface area contributed by atoms with E-state index in [0.29, 0.717) is 5.56 Å². The summed E-state index contributed by atoms with van der Waals surface area (Å²) >= 11 is 6.16. The first-order valence-electron chi connectivity index (χ1n) is 8.89. The Bertz CT molecular complexity index is 1070. The number of rotatable bonds is 6. The predicted molar refractivity (Wildman–Crippen MR) is 109 cm³/mol. The third-order valence-corrected chi connectivity index (χ3v) is 4.94. The van der Waals surface area contributed by atoms with E-state index in [1.54, 1.807) is 6.07 Å². The van der Waals surface area contributed by atoms with Crippen molar-refractivity contribution in [1.82, 2.24) is 9.78 Å². The zero-order valence-electron chi connectivity index (χ0n) is 16.0. The number of hydrogen-bond acceptors (Lipinski definition) is 4. The molecule has 0 amide bonds. The minimum atomic E-state index is -0.555. The van der Waals surface area contributed by atoms with Crippen molar-refractivity contribution in [3.63, 3.8) is 0 Å². The van der Waals surface area contributed by atoms with Crippen LogP contribution in [0.25, 0.3) is 0 Å². The molecule has 0 aliphatic rings. The zero-order valence-corrected chi connectivity index (χ0v) is 16.8. The molecule has 2 aromatic carbocycles. The smallest absolute Gasteiger partial charge is 0.289 e. The molecule has 1 aromatic heterocycles. The number of Topliss-reactive ketones (excluding diaryl/α,β-unsaturated/α-hetero) is 1. The number of halogens is 1. The third-order valence-electron chi connectivity index (χ3n) is 4.59. The van der Waals surface area contributed by atoms with E-state index in [1.807, 2.05) is 57.2 Å². The number of aromatic nitrogens is 2. The Hall–Kier alpha value is -2.92. The lowest BCUT2D eigenvalue weighted by Crippen LogP contribution is -2.27. The van der Waals surface area contributed by atoms with Gasteiger partial charge in [0.15, 0.2) is 16.6 Å². The summed E-state index contributed by atoms with van der Waals surface area (Å²) in [5, 5.41) is 3.96. The van der Waals surface area contributed by atoms with Crippen molar-refractivity contribution in [3.8, 4) is 5.75 Å². The number of benzene rings is 2. The Morgan fingerprint density at radius 1 is 1.07 bits per heavy atom. The average Bonchev–Trinajstić information content (AvgIpc) is 2.68. The first-order valence-corrected chi connectivity index (χ1v) is 9.27. The van der Waals surface area contributed by atoms with Crippen molar-refractivity contribution in [1.29, 1.82) is 0 Å². The first kappa shape index (κ1) is 19.8. The van der Waals surface area contributed by atoms with Crippen molar-refractivity contribution in [2.24, 2.45) is 0 Å². The maximum absolute atomic E-state index is 12.5. The fourth-order valence-electron chi connectivity index (χ4n) is 2.65. The lowest BCUT2D eigenvalue weighted by Gasteiger charge is -2.10. The van der Waals surface area contributed by atoms with E-state index in [4.69, 9.17) is 16.3 Å². The number of aryl methyl sites for hydroxylation is 3. The molecular formula is C22H21ClN2O3. The van der Waals surface area contributed by atoms with Crippen LogP contribution in [0.3, 0.4) is 0 Å². The van der Waals surface area contributed by atoms with E-state index in [0.717, 1.165) is 26.9 Å². The van der Waals surface area contributed by atoms with Gasteiger partial charge in [0.1, 0.15) is 13.2 Å². The standard InChI is InChI=1S/C22H21ClN2O3/c1-14-4-7-17(8-5-14)13-28-20-11-24-25(22(27)21(20)23)12-19(26)18-9-6-15(2)16(3)10-18/h4-11H,12-13H2,1-3H3. The summed E-state index contributed by atoms with van der Waals surface area (Å²) in [6, 6.07) is 13.3. The van der Waals surface area contributed by atoms with Gasteiger partial charge in [-0.25, -0.2) is 4.68 Å². The van der Waals surface area contributed by atoms with Crippen LogP contribution in [0.15, 0.2) is 53.5 Å². The molecule has 6 heteroatoms. The summed E-state index contributed by atoms with van der Waals surface area (Å²) in [5.41, 5.74) is 4.21. The molecule has 0 spiro atoms. The van der Waals surface area contributed by atoms with Gasteiger partial charge < -0.3 is 4.74 Å². The highest BCUT2D eigenvalue weighted by Gasteiger charge is 2.14. The Morgan fingerprint density at radius 2 is 1.79 bits per heavy atom. The highest BCUT2D eigenvalue weighted by Crippen LogP contribution is 2.20. The minimum Gasteiger partial charge on any atom is -0.485 e. The molecule has 144 valence electrons. The van der Waals surface area contributed by atoms with Gasteiger partial charge in [0.05, 0.1) is 6.20 Å². The SMILES string of the molecule is Cc1ccc(COc2cnn(CC(=O)c3ccc(C)c(C)c3)c(=O)c2Cl)cc1. The van der Waals surface area contributed by atoms with E-state index in [2.05, 4.69) is 5.10 Å². The average molecular weight is 397 g/mol. The van der Waals surface area contributed by atoms with Crippen molar-refractivity contribution in [2.45, 2.75) is 33.9 Å². The molecule has 0 bridgehead atoms. The van der Waals surface area contributed by atoms with E-state index >= 15 is 0 Å². The molecule has 0 radical (unpaired) electrons. The van der Waals surface area contributed by atoms with Gasteiger partial charge in [-0.3, -0.25) is 9.59 Å². The molecule has 3 rings (SSSR count). The molecule has 0 N–H and O–H groups in total. The Labute approximate surface area is 168 Å². The molecule has 0 saturated carbocycles. The van der Waals surface area contributed by atoms with Gasteiger partial charge in [0, 0.05) is 5.56 Å². The molecule has 1 heterocycles. The van der Waals surface area contributed by atoms with Gasteiger partial charge in [-0.2, -0.15) is 5.10 Å². The van der Waals surface area contributed by atoms with Gasteiger partial charge in [-0.1, -0.05) is 53.6 Å². The van der Waals surface area contributed by atoms with Crippen LogP contribution in [0.2, 0.25) is 5.02 Å². The monoisotopic (exact) mass is 396 g/mol. The number of carbonyl (C=O) groups excluding carboxylic acids is 1. The number of carbonyl (C=O) groups is 1. The van der Waals surface area contributed by atoms with E-state index in [9.17, 15) is 9.59 Å². The Kier molecular flexibility index (Phi) is 5.95. The molecule has 0 fully saturated rings. The van der Waals surface area contributed by atoms with Crippen LogP contribution >= 0.6 is 11.6 Å². The second-order valence-corrected chi connectivity index (χ2v) is 7.16. The van der Waals surface area contributed by atoms with Crippen LogP contribution in [0.1, 0.15) is 32.6 Å². The van der Waals surface area contributed by atoms with Crippen LogP contribution in [0, 0.1) is 20.8 Å². The largest absolute Gasteiger partial charge is 0.485 e. The van der Waals surface area contributed by atoms with Crippen molar-refractivity contribution < 1.29 is 9.53 Å². The fraction of sp³-hybridized carbons (Fsp3) is 0.227. The quantitative estimate of drug-likeness (QED) is 0.583. The number of hydrogen-bond donors (Lipinski definition) is 0. The second-order valence-electron chi connectivity index (χ2n) is 6.78. The Balaban J connectivity index is 1.74. The number of ketones is 1. The van der Waals surface area contributed by atoms with E-state index in [1.165, 1.54) is 6.20 Å². The first-order chi connectivity index (χ1) is 13.3. The Morgan fingerprint density at radius 3 is 2.46 bits per heavy atom. The summed E-state index contributed by atoms with van der Waals surface area (Å²) in [7, 11) is 0. The molecule has 0 aliphatic heterocycles. The molecule has 5 nitrogen and oxygen atoms in total. The van der Waals surface area contributed by atoms with Gasteiger partial charge in [-0.05, 0) is 43.5 Å². The number of ether oxygens (including phenoxy) is 1. The predicted octanol–water partition coefficient (Wildman–Crippen LogP) is 4.28. The highest BCUT2D eigenvalue weighted by molar-refractivity contribution is 6.31. The van der Waals surface area contributed by atoms with Crippen LogP contribution in [0.4, 0.5) is 0 Å². The van der Waals surface area contributed by atoms with Crippen LogP contribution in [-0.2, 0) is 13.2 Å². The molecule has 3 aromatic rings. The summed E-state index contributed by atoms with van der Waals surface area (Å²) in [6.45, 7) is 6.01. The molecule has 0 saturated heterocycles. The van der Waals surface area contributed by atoms with Gasteiger partial charge in [-0.15, -0.1) is 0 Å². The lowest BCUT2D eigenvalue weighted by molar-refractivity contribution is 0.0965. The molecular weight excluding hydrogens is 376 g/mol. The second kappa shape index (κ2) is 8.40. The number of nitrogens with zero attached hydrogens (tertiary/aromatic N) is 2. The van der Waals surface area contributed by atoms with Crippen molar-refractivity contribution >= 4 is 17.4 Å². The lowest BCUT2D eigenvalue weighted by atomic mass is 10.0. The molecule has 0 atom stereocenters. The zero-order chi connectivity index (χ0) is 20.3. The van der Waals surface area contributed by atoms with Crippen LogP contribution < -0.4 is 10.3 Å². The highest BCUT2D eigenvalue weighted by atomic mass is 35.5. The summed E-state index contributed by atoms with van der Waals surface area (Å²) in [4.78, 5) is 25.0. The fourth-order valence-corrected chi connectivity index (χ4v) is 2.85. The van der Waals surface area contributed by atoms with Crippen LogP contribution in [-0.4, -0.2) is 15.6 Å². The topological polar surface area (TPSA) is 61.2 Å². The molecule has 28 heavy (non-hydrogen) atoms. The van der Waals surface area contributed by atoms with Gasteiger partial charge in [0.2, 0.25) is 0 Å².